The largest absolute Gasteiger partial charge is 0.456 e. The molecule has 0 aliphatic heterocycles. The van der Waals surface area contributed by atoms with Crippen LogP contribution in [0, 0.1) is 0 Å². The summed E-state index contributed by atoms with van der Waals surface area (Å²) in [5.41, 5.74) is 0.789. The summed E-state index contributed by atoms with van der Waals surface area (Å²) in [5, 5.41) is 6.78. The third-order valence-electron chi connectivity index (χ3n) is 3.19. The van der Waals surface area contributed by atoms with Gasteiger partial charge in [-0.25, -0.2) is 4.79 Å². The quantitative estimate of drug-likeness (QED) is 0.717. The van der Waals surface area contributed by atoms with Gasteiger partial charge in [-0.3, -0.25) is 10.1 Å². The first kappa shape index (κ1) is 15.8. The number of alkyl halides is 3. The average Bonchev–Trinajstić information content (AvgIpc) is 3.22. The lowest BCUT2D eigenvalue weighted by Gasteiger charge is -2.02. The van der Waals surface area contributed by atoms with Crippen LogP contribution in [0.25, 0.3) is 11.3 Å². The fourth-order valence-electron chi connectivity index (χ4n) is 2.01. The number of carbonyl (C=O) groups excluding carboxylic acids is 1. The zero-order chi connectivity index (χ0) is 17.2. The Kier molecular flexibility index (Phi) is 4.07. The van der Waals surface area contributed by atoms with E-state index in [0.29, 0.717) is 17.5 Å². The Morgan fingerprint density at radius 3 is 2.62 bits per heavy atom. The van der Waals surface area contributed by atoms with Crippen molar-refractivity contribution in [3.63, 3.8) is 0 Å². The Labute approximate surface area is 133 Å². The lowest BCUT2D eigenvalue weighted by Crippen LogP contribution is -2.06. The number of aromatic nitrogens is 4. The maximum absolute atomic E-state index is 12.5. The maximum Gasteiger partial charge on any atom is 0.431 e. The molecule has 0 radical (unpaired) electrons. The number of nitrogens with one attached hydrogen (secondary N) is 2. The van der Waals surface area contributed by atoms with Gasteiger partial charge >= 0.3 is 12.1 Å². The number of hydrogen-bond donors (Lipinski definition) is 2. The first-order valence-corrected chi connectivity index (χ1v) is 6.81. The van der Waals surface area contributed by atoms with Crippen molar-refractivity contribution in [2.24, 2.45) is 0 Å². The number of hydrogen-bond acceptors (Lipinski definition) is 4. The molecule has 3 heterocycles. The minimum Gasteiger partial charge on any atom is -0.456 e. The second-order valence-corrected chi connectivity index (χ2v) is 4.89. The molecule has 0 fully saturated rings. The minimum absolute atomic E-state index is 0.135. The molecule has 0 bridgehead atoms. The van der Waals surface area contributed by atoms with Crippen LogP contribution in [0.15, 0.2) is 42.9 Å². The van der Waals surface area contributed by atoms with Crippen LogP contribution in [0.2, 0.25) is 0 Å². The van der Waals surface area contributed by atoms with Crippen molar-refractivity contribution in [2.75, 3.05) is 0 Å². The highest BCUT2D eigenvalue weighted by molar-refractivity contribution is 5.89. The van der Waals surface area contributed by atoms with Crippen LogP contribution < -0.4 is 0 Å². The Balaban J connectivity index is 1.63. The van der Waals surface area contributed by atoms with Gasteiger partial charge < -0.3 is 9.72 Å². The molecule has 124 valence electrons. The second kappa shape index (κ2) is 6.19. The summed E-state index contributed by atoms with van der Waals surface area (Å²) >= 11 is 0. The van der Waals surface area contributed by atoms with Crippen molar-refractivity contribution in [1.82, 2.24) is 20.2 Å². The number of rotatable bonds is 4. The highest BCUT2D eigenvalue weighted by Crippen LogP contribution is 2.28. The molecule has 0 aliphatic rings. The van der Waals surface area contributed by atoms with Crippen molar-refractivity contribution in [3.05, 3.63) is 59.8 Å². The van der Waals surface area contributed by atoms with E-state index in [9.17, 15) is 18.0 Å². The van der Waals surface area contributed by atoms with E-state index < -0.39 is 17.8 Å². The van der Waals surface area contributed by atoms with Gasteiger partial charge in [-0.15, -0.1) is 0 Å². The van der Waals surface area contributed by atoms with Gasteiger partial charge in [-0.1, -0.05) is 0 Å². The highest BCUT2D eigenvalue weighted by atomic mass is 19.4. The van der Waals surface area contributed by atoms with E-state index in [1.54, 1.807) is 30.6 Å². The summed E-state index contributed by atoms with van der Waals surface area (Å²) in [7, 11) is 0. The number of carbonyl (C=O) groups is 1. The molecule has 2 N–H and O–H groups in total. The number of nitrogens with zero attached hydrogens (tertiary/aromatic N) is 2. The second-order valence-electron chi connectivity index (χ2n) is 4.89. The molecule has 0 aromatic carbocycles. The molecule has 0 atom stereocenters. The van der Waals surface area contributed by atoms with E-state index >= 15 is 0 Å². The predicted molar refractivity (Wildman–Crippen MR) is 76.7 cm³/mol. The van der Waals surface area contributed by atoms with Crippen LogP contribution in [0.3, 0.4) is 0 Å². The molecule has 3 aromatic heterocycles. The number of H-pyrrole nitrogens is 2. The maximum atomic E-state index is 12.5. The Morgan fingerprint density at radius 1 is 1.21 bits per heavy atom. The van der Waals surface area contributed by atoms with Crippen molar-refractivity contribution < 1.29 is 22.7 Å². The molecule has 0 saturated carbocycles. The van der Waals surface area contributed by atoms with Crippen LogP contribution >= 0.6 is 0 Å². The van der Waals surface area contributed by atoms with Crippen LogP contribution in [0.5, 0.6) is 0 Å². The van der Waals surface area contributed by atoms with Crippen LogP contribution in [0.4, 0.5) is 13.2 Å². The first-order chi connectivity index (χ1) is 11.4. The Hall–Kier alpha value is -3.10. The van der Waals surface area contributed by atoms with Gasteiger partial charge in [0.25, 0.3) is 0 Å². The lowest BCUT2D eigenvalue weighted by atomic mass is 10.2. The fraction of sp³-hybridized carbons (Fsp3) is 0.133. The van der Waals surface area contributed by atoms with Crippen LogP contribution in [-0.4, -0.2) is 26.1 Å². The summed E-state index contributed by atoms with van der Waals surface area (Å²) in [5.74, 6) is -0.859. The third kappa shape index (κ3) is 3.45. The van der Waals surface area contributed by atoms with Crippen molar-refractivity contribution in [2.45, 2.75) is 12.8 Å². The smallest absolute Gasteiger partial charge is 0.431 e. The van der Waals surface area contributed by atoms with Gasteiger partial charge in [0.15, 0.2) is 0 Å². The van der Waals surface area contributed by atoms with Crippen LogP contribution in [-0.2, 0) is 17.5 Å². The molecular weight excluding hydrogens is 325 g/mol. The lowest BCUT2D eigenvalue weighted by molar-refractivity contribution is -0.140. The summed E-state index contributed by atoms with van der Waals surface area (Å²) < 4.78 is 42.4. The van der Waals surface area contributed by atoms with E-state index in [1.807, 2.05) is 4.98 Å². The van der Waals surface area contributed by atoms with Gasteiger partial charge in [0.1, 0.15) is 12.3 Å². The van der Waals surface area contributed by atoms with Crippen molar-refractivity contribution in [1.29, 1.82) is 0 Å². The zero-order valence-corrected chi connectivity index (χ0v) is 12.1. The normalized spacial score (nSPS) is 11.5. The number of ether oxygens (including phenoxy) is 1. The fourth-order valence-corrected chi connectivity index (χ4v) is 2.01. The molecule has 3 aromatic rings. The predicted octanol–water partition coefficient (Wildman–Crippen LogP) is 3.18. The van der Waals surface area contributed by atoms with Crippen LogP contribution in [0.1, 0.15) is 21.7 Å². The van der Waals surface area contributed by atoms with Crippen molar-refractivity contribution in [3.8, 4) is 11.3 Å². The molecule has 0 saturated heterocycles. The van der Waals surface area contributed by atoms with Gasteiger partial charge in [0.05, 0.1) is 17.0 Å². The van der Waals surface area contributed by atoms with Gasteiger partial charge in [0.2, 0.25) is 0 Å². The number of esters is 1. The molecule has 3 rings (SSSR count). The molecular formula is C15H11F3N4O2. The highest BCUT2D eigenvalue weighted by Gasteiger charge is 2.33. The molecule has 0 unspecified atom stereocenters. The van der Waals surface area contributed by atoms with Gasteiger partial charge in [-0.2, -0.15) is 18.3 Å². The molecule has 0 aliphatic carbocycles. The van der Waals surface area contributed by atoms with Gasteiger partial charge in [0, 0.05) is 24.2 Å². The van der Waals surface area contributed by atoms with E-state index in [1.165, 1.54) is 0 Å². The van der Waals surface area contributed by atoms with Crippen molar-refractivity contribution >= 4 is 5.97 Å². The summed E-state index contributed by atoms with van der Waals surface area (Å²) in [6.45, 7) is -0.135. The molecule has 24 heavy (non-hydrogen) atoms. The zero-order valence-electron chi connectivity index (χ0n) is 12.1. The molecule has 0 spiro atoms. The summed E-state index contributed by atoms with van der Waals surface area (Å²) in [6, 6.07) is 5.92. The topological polar surface area (TPSA) is 83.7 Å². The SMILES string of the molecule is O=C(OCc1cc(-c2ccncc2)n[nH]1)c1c[nH]c(C(F)(F)F)c1. The van der Waals surface area contributed by atoms with Gasteiger partial charge in [-0.05, 0) is 24.3 Å². The molecule has 6 nitrogen and oxygen atoms in total. The number of pyridine rings is 1. The minimum atomic E-state index is -4.54. The Morgan fingerprint density at radius 2 is 1.96 bits per heavy atom. The third-order valence-corrected chi connectivity index (χ3v) is 3.19. The average molecular weight is 336 g/mol. The first-order valence-electron chi connectivity index (χ1n) is 6.81. The number of halogens is 3. The van der Waals surface area contributed by atoms with E-state index in [4.69, 9.17) is 4.74 Å². The van der Waals surface area contributed by atoms with E-state index in [2.05, 4.69) is 15.2 Å². The Bertz CT molecular complexity index is 840. The summed E-state index contributed by atoms with van der Waals surface area (Å²) in [4.78, 5) is 17.7. The van der Waals surface area contributed by atoms with E-state index in [0.717, 1.165) is 11.8 Å². The standard InChI is InChI=1S/C15H11F3N4O2/c16-15(17,18)13-5-10(7-20-13)14(23)24-8-11-6-12(22-21-11)9-1-3-19-4-2-9/h1-7,20H,8H2,(H,21,22). The monoisotopic (exact) mass is 336 g/mol. The summed E-state index contributed by atoms with van der Waals surface area (Å²) in [6.07, 6.45) is -0.344. The molecule has 0 amide bonds. The van der Waals surface area contributed by atoms with E-state index in [-0.39, 0.29) is 12.2 Å². The molecule has 9 heteroatoms. The number of aromatic amines is 2.